The van der Waals surface area contributed by atoms with Gasteiger partial charge in [-0.25, -0.2) is 14.5 Å². The molecule has 1 fully saturated rings. The number of allylic oxidation sites excluding steroid dienone is 1. The zero-order valence-electron chi connectivity index (χ0n) is 20.2. The first-order valence-corrected chi connectivity index (χ1v) is 11.6. The number of ether oxygens (including phenoxy) is 4. The lowest BCUT2D eigenvalue weighted by molar-refractivity contribution is -0.146. The largest absolute Gasteiger partial charge is 0.497 e. The number of rotatable bonds is 7. The quantitative estimate of drug-likeness (QED) is 0.550. The predicted octanol–water partition coefficient (Wildman–Crippen LogP) is 4.20. The van der Waals surface area contributed by atoms with Crippen LogP contribution in [0.2, 0.25) is 0 Å². The Labute approximate surface area is 204 Å². The van der Waals surface area contributed by atoms with Crippen molar-refractivity contribution in [3.05, 3.63) is 77.1 Å². The Morgan fingerprint density at radius 3 is 2.40 bits per heavy atom. The van der Waals surface area contributed by atoms with E-state index < -0.39 is 36.0 Å². The first-order valence-electron chi connectivity index (χ1n) is 11.6. The third-order valence-corrected chi connectivity index (χ3v) is 6.08. The van der Waals surface area contributed by atoms with E-state index in [0.29, 0.717) is 23.5 Å². The Bertz CT molecular complexity index is 1120. The summed E-state index contributed by atoms with van der Waals surface area (Å²) in [6.07, 6.45) is -1.49. The second kappa shape index (κ2) is 10.2. The molecule has 0 aliphatic carbocycles. The standard InChI is InChI=1S/C27H29NO7/c1-16(2)34-26(30)22-17(3)35-24(19-10-12-21(32-4)13-11-19)23(22)25(29)28-20(15-33-27(28)31)14-18-8-6-5-7-9-18/h5-13,16,20,23-24H,14-15H2,1-4H3/t20-,23+,24-/m0/s1. The highest BCUT2D eigenvalue weighted by molar-refractivity contribution is 6.03. The summed E-state index contributed by atoms with van der Waals surface area (Å²) < 4.78 is 22.0. The normalized spacial score (nSPS) is 21.7. The minimum absolute atomic E-state index is 0.0781. The molecule has 4 rings (SSSR count). The number of carbonyl (C=O) groups is 3. The average molecular weight is 480 g/mol. The van der Waals surface area contributed by atoms with E-state index in [4.69, 9.17) is 18.9 Å². The van der Waals surface area contributed by atoms with Gasteiger partial charge < -0.3 is 18.9 Å². The van der Waals surface area contributed by atoms with Crippen molar-refractivity contribution in [1.82, 2.24) is 4.90 Å². The smallest absolute Gasteiger partial charge is 0.417 e. The summed E-state index contributed by atoms with van der Waals surface area (Å²) in [5.41, 5.74) is 1.75. The van der Waals surface area contributed by atoms with E-state index in [1.807, 2.05) is 30.3 Å². The van der Waals surface area contributed by atoms with Crippen molar-refractivity contribution in [3.63, 3.8) is 0 Å². The molecular formula is C27H29NO7. The lowest BCUT2D eigenvalue weighted by atomic mass is 9.88. The highest BCUT2D eigenvalue weighted by Crippen LogP contribution is 2.44. The van der Waals surface area contributed by atoms with Crippen LogP contribution in [0.1, 0.15) is 38.0 Å². The molecule has 2 heterocycles. The van der Waals surface area contributed by atoms with Crippen LogP contribution in [0.15, 0.2) is 65.9 Å². The maximum absolute atomic E-state index is 14.0. The maximum atomic E-state index is 14.0. The van der Waals surface area contributed by atoms with Gasteiger partial charge in [-0.2, -0.15) is 0 Å². The fraction of sp³-hybridized carbons (Fsp3) is 0.370. The molecule has 2 aromatic rings. The Morgan fingerprint density at radius 1 is 1.09 bits per heavy atom. The first kappa shape index (κ1) is 24.3. The number of methoxy groups -OCH3 is 1. The summed E-state index contributed by atoms with van der Waals surface area (Å²) in [6.45, 7) is 5.17. The molecule has 0 spiro atoms. The van der Waals surface area contributed by atoms with E-state index >= 15 is 0 Å². The molecule has 35 heavy (non-hydrogen) atoms. The minimum Gasteiger partial charge on any atom is -0.497 e. The Hall–Kier alpha value is -3.81. The van der Waals surface area contributed by atoms with Crippen LogP contribution in [-0.4, -0.2) is 48.7 Å². The lowest BCUT2D eigenvalue weighted by Crippen LogP contribution is -2.45. The Kier molecular flexibility index (Phi) is 7.10. The van der Waals surface area contributed by atoms with Crippen LogP contribution in [-0.2, 0) is 30.2 Å². The number of nitrogens with zero attached hydrogens (tertiary/aromatic N) is 1. The molecular weight excluding hydrogens is 450 g/mol. The monoisotopic (exact) mass is 479 g/mol. The number of carbonyl (C=O) groups excluding carboxylic acids is 3. The van der Waals surface area contributed by atoms with Crippen molar-refractivity contribution in [2.45, 2.75) is 45.4 Å². The number of amides is 2. The molecule has 1 saturated heterocycles. The first-order chi connectivity index (χ1) is 16.8. The van der Waals surface area contributed by atoms with E-state index in [2.05, 4.69) is 0 Å². The minimum atomic E-state index is -1.07. The molecule has 0 saturated carbocycles. The molecule has 0 aromatic heterocycles. The van der Waals surface area contributed by atoms with Gasteiger partial charge in [0, 0.05) is 0 Å². The molecule has 2 aliphatic heterocycles. The predicted molar refractivity (Wildman–Crippen MR) is 126 cm³/mol. The van der Waals surface area contributed by atoms with E-state index in [0.717, 1.165) is 10.5 Å². The van der Waals surface area contributed by atoms with Crippen LogP contribution in [0.25, 0.3) is 0 Å². The summed E-state index contributed by atoms with van der Waals surface area (Å²) in [5, 5.41) is 0. The molecule has 184 valence electrons. The van der Waals surface area contributed by atoms with Crippen molar-refractivity contribution in [2.24, 2.45) is 5.92 Å². The lowest BCUT2D eigenvalue weighted by Gasteiger charge is -2.27. The van der Waals surface area contributed by atoms with Gasteiger partial charge >= 0.3 is 12.1 Å². The number of esters is 1. The number of cyclic esters (lactones) is 1. The molecule has 0 unspecified atom stereocenters. The van der Waals surface area contributed by atoms with E-state index in [1.54, 1.807) is 52.1 Å². The third-order valence-electron chi connectivity index (χ3n) is 6.08. The van der Waals surface area contributed by atoms with Crippen molar-refractivity contribution < 1.29 is 33.3 Å². The molecule has 0 N–H and O–H groups in total. The van der Waals surface area contributed by atoms with Gasteiger partial charge in [-0.15, -0.1) is 0 Å². The number of benzene rings is 2. The molecule has 2 amide bonds. The average Bonchev–Trinajstić information content (AvgIpc) is 3.38. The summed E-state index contributed by atoms with van der Waals surface area (Å²) in [4.78, 5) is 40.9. The maximum Gasteiger partial charge on any atom is 0.417 e. The van der Waals surface area contributed by atoms with Gasteiger partial charge in [0.1, 0.15) is 30.1 Å². The second-order valence-corrected chi connectivity index (χ2v) is 8.84. The van der Waals surface area contributed by atoms with Crippen molar-refractivity contribution in [1.29, 1.82) is 0 Å². The Balaban J connectivity index is 1.70. The van der Waals surface area contributed by atoms with Gasteiger partial charge in [-0.3, -0.25) is 4.79 Å². The van der Waals surface area contributed by atoms with Gasteiger partial charge in [0.25, 0.3) is 0 Å². The molecule has 8 heteroatoms. The van der Waals surface area contributed by atoms with Crippen molar-refractivity contribution in [2.75, 3.05) is 13.7 Å². The molecule has 0 radical (unpaired) electrons. The van der Waals surface area contributed by atoms with Crippen molar-refractivity contribution >= 4 is 18.0 Å². The van der Waals surface area contributed by atoms with Crippen molar-refractivity contribution in [3.8, 4) is 5.75 Å². The SMILES string of the molecule is COc1ccc([C@@H]2OC(C)=C(C(=O)OC(C)C)[C@H]2C(=O)N2C(=O)OC[C@@H]2Cc2ccccc2)cc1. The topological polar surface area (TPSA) is 91.4 Å². The third kappa shape index (κ3) is 5.01. The molecule has 8 nitrogen and oxygen atoms in total. The summed E-state index contributed by atoms with van der Waals surface area (Å²) >= 11 is 0. The van der Waals surface area contributed by atoms with Gasteiger partial charge in [0.15, 0.2) is 0 Å². The molecule has 2 aromatic carbocycles. The molecule has 2 aliphatic rings. The Morgan fingerprint density at radius 2 is 1.77 bits per heavy atom. The highest BCUT2D eigenvalue weighted by Gasteiger charge is 2.51. The number of hydrogen-bond donors (Lipinski definition) is 0. The molecule has 0 bridgehead atoms. The zero-order chi connectivity index (χ0) is 25.1. The summed E-state index contributed by atoms with van der Waals surface area (Å²) in [6, 6.07) is 16.1. The summed E-state index contributed by atoms with van der Waals surface area (Å²) in [5.74, 6) is -1.33. The van der Waals surface area contributed by atoms with Crippen LogP contribution in [0.3, 0.4) is 0 Å². The van der Waals surface area contributed by atoms with Crippen LogP contribution < -0.4 is 4.74 Å². The van der Waals surface area contributed by atoms with Gasteiger partial charge in [0.05, 0.1) is 24.8 Å². The van der Waals surface area contributed by atoms with E-state index in [1.165, 1.54) is 0 Å². The molecule has 3 atom stereocenters. The summed E-state index contributed by atoms with van der Waals surface area (Å²) in [7, 11) is 1.56. The van der Waals surface area contributed by atoms with Gasteiger partial charge in [-0.1, -0.05) is 42.5 Å². The fourth-order valence-electron chi connectivity index (χ4n) is 4.46. The van der Waals surface area contributed by atoms with Crippen LogP contribution in [0.4, 0.5) is 4.79 Å². The van der Waals surface area contributed by atoms with E-state index in [-0.39, 0.29) is 18.3 Å². The number of imide groups is 1. The van der Waals surface area contributed by atoms with E-state index in [9.17, 15) is 14.4 Å². The second-order valence-electron chi connectivity index (χ2n) is 8.84. The van der Waals surface area contributed by atoms with Crippen LogP contribution >= 0.6 is 0 Å². The number of hydrogen-bond acceptors (Lipinski definition) is 7. The van der Waals surface area contributed by atoms with Gasteiger partial charge in [0.2, 0.25) is 5.91 Å². The van der Waals surface area contributed by atoms with Gasteiger partial charge in [-0.05, 0) is 50.5 Å². The fourth-order valence-corrected chi connectivity index (χ4v) is 4.46. The zero-order valence-corrected chi connectivity index (χ0v) is 20.2. The van der Waals surface area contributed by atoms with Crippen LogP contribution in [0.5, 0.6) is 5.75 Å². The highest BCUT2D eigenvalue weighted by atomic mass is 16.6. The van der Waals surface area contributed by atoms with Crippen LogP contribution in [0, 0.1) is 5.92 Å².